The largest absolute Gasteiger partial charge is 0.507 e. The Morgan fingerprint density at radius 3 is 2.29 bits per heavy atom. The smallest absolute Gasteiger partial charge is 0.412 e. The van der Waals surface area contributed by atoms with Crippen molar-refractivity contribution in [2.45, 2.75) is 27.7 Å². The van der Waals surface area contributed by atoms with Crippen LogP contribution in [0.1, 0.15) is 27.8 Å². The second-order valence-corrected chi connectivity index (χ2v) is 5.82. The van der Waals surface area contributed by atoms with Gasteiger partial charge in [0.25, 0.3) is 0 Å². The number of rotatable bonds is 3. The van der Waals surface area contributed by atoms with Crippen molar-refractivity contribution >= 4 is 18.0 Å². The molecule has 2 aromatic rings. The van der Waals surface area contributed by atoms with E-state index < -0.39 is 6.09 Å². The van der Waals surface area contributed by atoms with Crippen molar-refractivity contribution in [3.05, 3.63) is 52.1 Å². The van der Waals surface area contributed by atoms with Gasteiger partial charge in [-0.05, 0) is 68.1 Å². The number of phenols is 1. The lowest BCUT2D eigenvalue weighted by molar-refractivity contribution is 0.203. The third-order valence-corrected chi connectivity index (χ3v) is 3.69. The molecule has 0 aliphatic heterocycles. The topological polar surface area (TPSA) is 70.9 Å². The molecule has 0 radical (unpaired) electrons. The number of carbonyl (C=O) groups excluding carboxylic acids is 1. The van der Waals surface area contributed by atoms with Crippen molar-refractivity contribution in [2.24, 2.45) is 4.99 Å². The first-order valence-electron chi connectivity index (χ1n) is 7.67. The van der Waals surface area contributed by atoms with E-state index in [9.17, 15) is 9.90 Å². The monoisotopic (exact) mass is 326 g/mol. The molecule has 0 aromatic heterocycles. The SMILES string of the molecule is CNC(=O)Oc1cc(C)c(N=Cc2cc(C)cc(C)c2O)c(C)c1. The summed E-state index contributed by atoms with van der Waals surface area (Å²) in [5.41, 5.74) is 5.12. The summed E-state index contributed by atoms with van der Waals surface area (Å²) in [4.78, 5) is 15.8. The third-order valence-electron chi connectivity index (χ3n) is 3.69. The van der Waals surface area contributed by atoms with Crippen LogP contribution in [0.3, 0.4) is 0 Å². The number of phenolic OH excluding ortho intramolecular Hbond substituents is 1. The summed E-state index contributed by atoms with van der Waals surface area (Å²) in [5, 5.41) is 12.6. The van der Waals surface area contributed by atoms with Gasteiger partial charge in [0, 0.05) is 18.8 Å². The fourth-order valence-corrected chi connectivity index (χ4v) is 2.56. The fourth-order valence-electron chi connectivity index (χ4n) is 2.56. The molecule has 2 aromatic carbocycles. The van der Waals surface area contributed by atoms with E-state index in [0.29, 0.717) is 11.3 Å². The highest BCUT2D eigenvalue weighted by Crippen LogP contribution is 2.30. The van der Waals surface area contributed by atoms with Crippen LogP contribution in [-0.2, 0) is 0 Å². The minimum absolute atomic E-state index is 0.235. The van der Waals surface area contributed by atoms with Crippen molar-refractivity contribution < 1.29 is 14.6 Å². The zero-order valence-corrected chi connectivity index (χ0v) is 14.6. The number of nitrogens with zero attached hydrogens (tertiary/aromatic N) is 1. The molecule has 0 saturated heterocycles. The average Bonchev–Trinajstić information content (AvgIpc) is 2.50. The summed E-state index contributed by atoms with van der Waals surface area (Å²) < 4.78 is 5.15. The molecule has 0 saturated carbocycles. The summed E-state index contributed by atoms with van der Waals surface area (Å²) in [6.07, 6.45) is 1.15. The van der Waals surface area contributed by atoms with E-state index in [0.717, 1.165) is 27.9 Å². The van der Waals surface area contributed by atoms with Gasteiger partial charge in [-0.3, -0.25) is 4.99 Å². The maximum Gasteiger partial charge on any atom is 0.412 e. The standard InChI is InChI=1S/C19H22N2O3/c1-11-6-14(4)18(22)15(7-11)10-21-17-12(2)8-16(9-13(17)3)24-19(23)20-5/h6-10,22H,1-5H3,(H,20,23). The maximum absolute atomic E-state index is 11.3. The predicted octanol–water partition coefficient (Wildman–Crippen LogP) is 4.09. The Kier molecular flexibility index (Phi) is 5.24. The van der Waals surface area contributed by atoms with Gasteiger partial charge in [-0.15, -0.1) is 0 Å². The quantitative estimate of drug-likeness (QED) is 0.834. The molecule has 0 atom stereocenters. The van der Waals surface area contributed by atoms with E-state index in [1.165, 1.54) is 7.05 Å². The second kappa shape index (κ2) is 7.17. The lowest BCUT2D eigenvalue weighted by Gasteiger charge is -2.10. The van der Waals surface area contributed by atoms with E-state index in [1.54, 1.807) is 18.3 Å². The molecule has 2 rings (SSSR count). The van der Waals surface area contributed by atoms with E-state index in [4.69, 9.17) is 4.74 Å². The second-order valence-electron chi connectivity index (χ2n) is 5.82. The molecule has 0 aliphatic rings. The summed E-state index contributed by atoms with van der Waals surface area (Å²) in [7, 11) is 1.51. The summed E-state index contributed by atoms with van der Waals surface area (Å²) in [6, 6.07) is 7.33. The van der Waals surface area contributed by atoms with E-state index in [2.05, 4.69) is 10.3 Å². The van der Waals surface area contributed by atoms with Crippen molar-refractivity contribution in [3.63, 3.8) is 0 Å². The molecule has 1 amide bonds. The van der Waals surface area contributed by atoms with Crippen LogP contribution in [0.25, 0.3) is 0 Å². The molecule has 0 unspecified atom stereocenters. The van der Waals surface area contributed by atoms with Gasteiger partial charge in [-0.1, -0.05) is 6.07 Å². The average molecular weight is 326 g/mol. The molecule has 0 heterocycles. The van der Waals surface area contributed by atoms with E-state index in [1.807, 2.05) is 39.8 Å². The van der Waals surface area contributed by atoms with Crippen LogP contribution in [0, 0.1) is 27.7 Å². The number of hydrogen-bond acceptors (Lipinski definition) is 4. The first kappa shape index (κ1) is 17.5. The molecule has 24 heavy (non-hydrogen) atoms. The van der Waals surface area contributed by atoms with Gasteiger partial charge >= 0.3 is 6.09 Å². The Bertz CT molecular complexity index is 787. The van der Waals surface area contributed by atoms with Gasteiger partial charge in [-0.2, -0.15) is 0 Å². The van der Waals surface area contributed by atoms with Crippen molar-refractivity contribution in [1.82, 2.24) is 5.32 Å². The normalized spacial score (nSPS) is 10.9. The highest BCUT2D eigenvalue weighted by molar-refractivity contribution is 5.87. The lowest BCUT2D eigenvalue weighted by Crippen LogP contribution is -2.22. The number of ether oxygens (including phenoxy) is 1. The molecule has 5 nitrogen and oxygen atoms in total. The van der Waals surface area contributed by atoms with Crippen LogP contribution >= 0.6 is 0 Å². The Labute approximate surface area is 142 Å². The van der Waals surface area contributed by atoms with Crippen LogP contribution in [0.4, 0.5) is 10.5 Å². The zero-order valence-electron chi connectivity index (χ0n) is 14.6. The molecule has 2 N–H and O–H groups in total. The van der Waals surface area contributed by atoms with Crippen LogP contribution in [0.5, 0.6) is 11.5 Å². The number of amides is 1. The van der Waals surface area contributed by atoms with E-state index in [-0.39, 0.29) is 5.75 Å². The lowest BCUT2D eigenvalue weighted by atomic mass is 10.1. The molecule has 126 valence electrons. The molecular formula is C19H22N2O3. The number of aliphatic imine (C=N–C) groups is 1. The van der Waals surface area contributed by atoms with Gasteiger partial charge in [0.2, 0.25) is 0 Å². The van der Waals surface area contributed by atoms with Crippen molar-refractivity contribution in [3.8, 4) is 11.5 Å². The van der Waals surface area contributed by atoms with Gasteiger partial charge in [0.05, 0.1) is 5.69 Å². The van der Waals surface area contributed by atoms with Gasteiger partial charge in [0.1, 0.15) is 11.5 Å². The molecule has 0 fully saturated rings. The molecular weight excluding hydrogens is 304 g/mol. The van der Waals surface area contributed by atoms with E-state index >= 15 is 0 Å². The predicted molar refractivity (Wildman–Crippen MR) is 95.8 cm³/mol. The minimum atomic E-state index is -0.509. The van der Waals surface area contributed by atoms with Crippen LogP contribution < -0.4 is 10.1 Å². The van der Waals surface area contributed by atoms with Crippen molar-refractivity contribution in [2.75, 3.05) is 7.05 Å². The Morgan fingerprint density at radius 2 is 1.71 bits per heavy atom. The Hall–Kier alpha value is -2.82. The third kappa shape index (κ3) is 3.93. The number of aromatic hydroxyl groups is 1. The van der Waals surface area contributed by atoms with Crippen LogP contribution in [0.15, 0.2) is 29.3 Å². The summed E-state index contributed by atoms with van der Waals surface area (Å²) in [6.45, 7) is 7.64. The number of nitrogens with one attached hydrogen (secondary N) is 1. The fraction of sp³-hybridized carbons (Fsp3) is 0.263. The first-order chi connectivity index (χ1) is 11.3. The van der Waals surface area contributed by atoms with Crippen molar-refractivity contribution in [1.29, 1.82) is 0 Å². The minimum Gasteiger partial charge on any atom is -0.507 e. The zero-order chi connectivity index (χ0) is 17.9. The van der Waals surface area contributed by atoms with Gasteiger partial charge in [0.15, 0.2) is 0 Å². The molecule has 0 bridgehead atoms. The highest BCUT2D eigenvalue weighted by atomic mass is 16.5. The molecule has 0 aliphatic carbocycles. The molecule has 5 heteroatoms. The van der Waals surface area contributed by atoms with Crippen LogP contribution in [-0.4, -0.2) is 24.5 Å². The number of benzene rings is 2. The molecule has 0 spiro atoms. The number of aryl methyl sites for hydroxylation is 4. The Morgan fingerprint density at radius 1 is 1.08 bits per heavy atom. The van der Waals surface area contributed by atoms with Crippen LogP contribution in [0.2, 0.25) is 0 Å². The van der Waals surface area contributed by atoms with Gasteiger partial charge < -0.3 is 15.2 Å². The first-order valence-corrected chi connectivity index (χ1v) is 7.67. The number of carbonyl (C=O) groups is 1. The summed E-state index contributed by atoms with van der Waals surface area (Å²) in [5.74, 6) is 0.705. The Balaban J connectivity index is 2.35. The maximum atomic E-state index is 11.3. The van der Waals surface area contributed by atoms with Gasteiger partial charge in [-0.25, -0.2) is 4.79 Å². The highest BCUT2D eigenvalue weighted by Gasteiger charge is 2.09. The summed E-state index contributed by atoms with van der Waals surface area (Å²) >= 11 is 0. The number of hydrogen-bond donors (Lipinski definition) is 2.